The number of hydrazine groups is 1. The van der Waals surface area contributed by atoms with Crippen molar-refractivity contribution in [3.63, 3.8) is 0 Å². The molecular formula is C18H16N8O5. The van der Waals surface area contributed by atoms with Crippen LogP contribution in [0, 0.1) is 27.2 Å². The molecule has 0 fully saturated rings. The van der Waals surface area contributed by atoms with E-state index in [9.17, 15) is 25.0 Å². The molecule has 1 amide bonds. The zero-order chi connectivity index (χ0) is 22.4. The van der Waals surface area contributed by atoms with Gasteiger partial charge in [0.05, 0.1) is 16.3 Å². The Morgan fingerprint density at radius 1 is 1.00 bits per heavy atom. The van der Waals surface area contributed by atoms with E-state index in [-0.39, 0.29) is 23.7 Å². The predicted octanol–water partition coefficient (Wildman–Crippen LogP) is 2.43. The number of anilines is 3. The number of nitrogens with one attached hydrogen (secondary N) is 3. The van der Waals surface area contributed by atoms with Crippen LogP contribution in [0.4, 0.5) is 28.8 Å². The molecule has 0 spiro atoms. The minimum absolute atomic E-state index is 0.0953. The van der Waals surface area contributed by atoms with E-state index >= 15 is 0 Å². The highest BCUT2D eigenvalue weighted by molar-refractivity contribution is 5.81. The summed E-state index contributed by atoms with van der Waals surface area (Å²) in [6, 6.07) is 10.6. The van der Waals surface area contributed by atoms with E-state index in [0.29, 0.717) is 17.1 Å². The van der Waals surface area contributed by atoms with E-state index in [1.54, 1.807) is 25.1 Å². The molecule has 13 nitrogen and oxygen atoms in total. The maximum atomic E-state index is 12.2. The lowest BCUT2D eigenvalue weighted by Gasteiger charge is -2.11. The average molecular weight is 424 g/mol. The monoisotopic (exact) mass is 424 g/mol. The molecule has 0 saturated carbocycles. The van der Waals surface area contributed by atoms with Crippen LogP contribution < -0.4 is 16.2 Å². The van der Waals surface area contributed by atoms with Gasteiger partial charge in [-0.3, -0.25) is 35.9 Å². The topological polar surface area (TPSA) is 178 Å². The van der Waals surface area contributed by atoms with Crippen LogP contribution in [-0.2, 0) is 11.2 Å². The van der Waals surface area contributed by atoms with Crippen LogP contribution in [0.3, 0.4) is 0 Å². The highest BCUT2D eigenvalue weighted by Crippen LogP contribution is 2.30. The molecule has 31 heavy (non-hydrogen) atoms. The molecule has 3 N–H and O–H groups in total. The van der Waals surface area contributed by atoms with Crippen molar-refractivity contribution in [3.8, 4) is 0 Å². The summed E-state index contributed by atoms with van der Waals surface area (Å²) < 4.78 is 0. The van der Waals surface area contributed by atoms with Gasteiger partial charge in [0, 0.05) is 17.8 Å². The van der Waals surface area contributed by atoms with E-state index in [1.165, 1.54) is 24.3 Å². The largest absolute Gasteiger partial charge is 0.355 e. The molecule has 0 radical (unpaired) electrons. The predicted molar refractivity (Wildman–Crippen MR) is 110 cm³/mol. The Hall–Kier alpha value is -4.68. The van der Waals surface area contributed by atoms with Crippen molar-refractivity contribution in [1.29, 1.82) is 0 Å². The van der Waals surface area contributed by atoms with Crippen molar-refractivity contribution < 1.29 is 14.6 Å². The smallest absolute Gasteiger partial charge is 0.319 e. The molecule has 158 valence electrons. The molecule has 0 unspecified atom stereocenters. The highest BCUT2D eigenvalue weighted by atomic mass is 16.6. The van der Waals surface area contributed by atoms with Crippen molar-refractivity contribution in [3.05, 3.63) is 80.3 Å². The van der Waals surface area contributed by atoms with Crippen LogP contribution in [0.25, 0.3) is 0 Å². The number of pyridine rings is 1. The van der Waals surface area contributed by atoms with Crippen molar-refractivity contribution in [2.45, 2.75) is 13.3 Å². The molecule has 1 aromatic carbocycles. The normalized spacial score (nSPS) is 10.2. The van der Waals surface area contributed by atoms with E-state index < -0.39 is 21.4 Å². The van der Waals surface area contributed by atoms with Gasteiger partial charge in [-0.25, -0.2) is 15.0 Å². The van der Waals surface area contributed by atoms with E-state index in [1.807, 2.05) is 0 Å². The standard InChI is InChI=1S/C18H16N8O5/c1-11-3-2-4-14(21-11)22-17-16(26(30)31)18(20-10-19-17)24-23-15(27)9-12-5-7-13(8-6-12)25(28)29/h2-8,10H,9H2,1H3,(H,23,27)(H2,19,20,21,22,24). The van der Waals surface area contributed by atoms with Gasteiger partial charge in [-0.1, -0.05) is 18.2 Å². The molecule has 0 aliphatic carbocycles. The van der Waals surface area contributed by atoms with Crippen molar-refractivity contribution in [1.82, 2.24) is 20.4 Å². The van der Waals surface area contributed by atoms with Gasteiger partial charge in [0.15, 0.2) is 0 Å². The number of carbonyl (C=O) groups is 1. The van der Waals surface area contributed by atoms with Crippen LogP contribution in [0.2, 0.25) is 0 Å². The molecule has 0 saturated heterocycles. The molecule has 0 bridgehead atoms. The molecule has 0 atom stereocenters. The van der Waals surface area contributed by atoms with Gasteiger partial charge in [-0.15, -0.1) is 0 Å². The third-order valence-electron chi connectivity index (χ3n) is 3.97. The maximum Gasteiger partial charge on any atom is 0.355 e. The summed E-state index contributed by atoms with van der Waals surface area (Å²) in [6.45, 7) is 1.77. The first-order valence-corrected chi connectivity index (χ1v) is 8.81. The number of benzene rings is 1. The Balaban J connectivity index is 1.71. The lowest BCUT2D eigenvalue weighted by molar-refractivity contribution is -0.384. The SMILES string of the molecule is Cc1cccc(Nc2ncnc(NNC(=O)Cc3ccc([N+](=O)[O-])cc3)c2[N+](=O)[O-])n1. The first kappa shape index (κ1) is 21.0. The Bertz CT molecular complexity index is 1140. The average Bonchev–Trinajstić information content (AvgIpc) is 2.72. The van der Waals surface area contributed by atoms with Gasteiger partial charge in [-0.05, 0) is 24.6 Å². The summed E-state index contributed by atoms with van der Waals surface area (Å²) in [7, 11) is 0. The molecule has 0 aliphatic rings. The number of nitro groups is 2. The van der Waals surface area contributed by atoms with Crippen molar-refractivity contribution >= 4 is 34.7 Å². The van der Waals surface area contributed by atoms with E-state index in [0.717, 1.165) is 6.33 Å². The Labute approximate surface area is 174 Å². The Morgan fingerprint density at radius 2 is 1.71 bits per heavy atom. The van der Waals surface area contributed by atoms with Gasteiger partial charge < -0.3 is 5.32 Å². The first-order chi connectivity index (χ1) is 14.8. The second kappa shape index (κ2) is 9.21. The number of amides is 1. The Kier molecular flexibility index (Phi) is 6.25. The fourth-order valence-electron chi connectivity index (χ4n) is 2.56. The number of hydrogen-bond donors (Lipinski definition) is 3. The molecule has 0 aliphatic heterocycles. The minimum atomic E-state index is -0.692. The van der Waals surface area contributed by atoms with Gasteiger partial charge in [0.25, 0.3) is 5.69 Å². The van der Waals surface area contributed by atoms with Crippen LogP contribution in [0.15, 0.2) is 48.8 Å². The lowest BCUT2D eigenvalue weighted by Crippen LogP contribution is -2.31. The number of rotatable bonds is 8. The molecule has 3 aromatic rings. The van der Waals surface area contributed by atoms with Crippen molar-refractivity contribution in [2.24, 2.45) is 0 Å². The molecular weight excluding hydrogens is 408 g/mol. The minimum Gasteiger partial charge on any atom is -0.319 e. The second-order valence-electron chi connectivity index (χ2n) is 6.24. The van der Waals surface area contributed by atoms with Crippen molar-refractivity contribution in [2.75, 3.05) is 10.7 Å². The quantitative estimate of drug-likeness (QED) is 0.359. The number of carbonyl (C=O) groups excluding carboxylic acids is 1. The number of nitrogens with zero attached hydrogens (tertiary/aromatic N) is 5. The lowest BCUT2D eigenvalue weighted by atomic mass is 10.1. The fourth-order valence-corrected chi connectivity index (χ4v) is 2.56. The van der Waals surface area contributed by atoms with Crippen LogP contribution >= 0.6 is 0 Å². The fraction of sp³-hybridized carbons (Fsp3) is 0.111. The maximum absolute atomic E-state index is 12.2. The molecule has 2 aromatic heterocycles. The Morgan fingerprint density at radius 3 is 2.35 bits per heavy atom. The summed E-state index contributed by atoms with van der Waals surface area (Å²) >= 11 is 0. The third kappa shape index (κ3) is 5.44. The summed E-state index contributed by atoms with van der Waals surface area (Å²) in [5.74, 6) is -0.510. The van der Waals surface area contributed by atoms with E-state index in [2.05, 4.69) is 31.1 Å². The first-order valence-electron chi connectivity index (χ1n) is 8.81. The number of nitro benzene ring substituents is 1. The molecule has 2 heterocycles. The van der Waals surface area contributed by atoms with Gasteiger partial charge in [-0.2, -0.15) is 0 Å². The summed E-state index contributed by atoms with van der Waals surface area (Å²) in [6.07, 6.45) is 0.984. The van der Waals surface area contributed by atoms with Gasteiger partial charge in [0.1, 0.15) is 12.1 Å². The number of aryl methyl sites for hydroxylation is 1. The van der Waals surface area contributed by atoms with Gasteiger partial charge >= 0.3 is 5.69 Å². The summed E-state index contributed by atoms with van der Waals surface area (Å²) in [5, 5.41) is 25.0. The zero-order valence-corrected chi connectivity index (χ0v) is 16.1. The number of non-ortho nitro benzene ring substituents is 1. The zero-order valence-electron chi connectivity index (χ0n) is 16.1. The second-order valence-corrected chi connectivity index (χ2v) is 6.24. The highest BCUT2D eigenvalue weighted by Gasteiger charge is 2.24. The van der Waals surface area contributed by atoms with Gasteiger partial charge in [0.2, 0.25) is 17.5 Å². The summed E-state index contributed by atoms with van der Waals surface area (Å²) in [5.41, 5.74) is 5.39. The number of aromatic nitrogens is 3. The van der Waals surface area contributed by atoms with Crippen LogP contribution in [0.5, 0.6) is 0 Å². The van der Waals surface area contributed by atoms with E-state index in [4.69, 9.17) is 0 Å². The number of hydrogen-bond acceptors (Lipinski definition) is 10. The van der Waals surface area contributed by atoms with Crippen LogP contribution in [0.1, 0.15) is 11.3 Å². The molecule has 3 rings (SSSR count). The summed E-state index contributed by atoms with van der Waals surface area (Å²) in [4.78, 5) is 45.1. The third-order valence-corrected chi connectivity index (χ3v) is 3.97. The van der Waals surface area contributed by atoms with Crippen LogP contribution in [-0.4, -0.2) is 30.7 Å². The molecule has 13 heteroatoms.